The fraction of sp³-hybridized carbons (Fsp3) is 0. The van der Waals surface area contributed by atoms with Gasteiger partial charge in [0.25, 0.3) is 0 Å². The van der Waals surface area contributed by atoms with Crippen molar-refractivity contribution in [1.29, 1.82) is 0 Å². The zero-order chi connectivity index (χ0) is 16.4. The number of carbonyl (C=O) groups excluding carboxylic acids is 1. The van der Waals surface area contributed by atoms with Crippen LogP contribution in [-0.4, -0.2) is 11.0 Å². The molecule has 1 aromatic carbocycles. The van der Waals surface area contributed by atoms with Crippen LogP contribution in [0.4, 0.5) is 4.39 Å². The molecule has 4 nitrogen and oxygen atoms in total. The van der Waals surface area contributed by atoms with Gasteiger partial charge in [0, 0.05) is 5.56 Å². The Morgan fingerprint density at radius 1 is 1.26 bits per heavy atom. The largest absolute Gasteiger partial charge is 0.545 e. The summed E-state index contributed by atoms with van der Waals surface area (Å²) in [5, 5.41) is 10.6. The molecule has 0 bridgehead atoms. The zero-order valence-electron chi connectivity index (χ0n) is 11.5. The SMILES string of the molecule is O=C([O-])/C=C/c1nc(-c2ccc(F)cc2)oc1-c1ccc(Cl)s1. The van der Waals surface area contributed by atoms with Crippen molar-refractivity contribution in [2.24, 2.45) is 0 Å². The highest BCUT2D eigenvalue weighted by molar-refractivity contribution is 7.19. The Morgan fingerprint density at radius 2 is 2.00 bits per heavy atom. The molecule has 3 rings (SSSR count). The maximum Gasteiger partial charge on any atom is 0.227 e. The summed E-state index contributed by atoms with van der Waals surface area (Å²) in [7, 11) is 0. The highest BCUT2D eigenvalue weighted by atomic mass is 35.5. The molecule has 0 spiro atoms. The second kappa shape index (κ2) is 6.36. The molecule has 2 heterocycles. The maximum absolute atomic E-state index is 13.0. The van der Waals surface area contributed by atoms with Crippen LogP contribution in [0.5, 0.6) is 0 Å². The van der Waals surface area contributed by atoms with Gasteiger partial charge in [-0.25, -0.2) is 9.37 Å². The van der Waals surface area contributed by atoms with Crippen LogP contribution in [0.3, 0.4) is 0 Å². The van der Waals surface area contributed by atoms with Crippen LogP contribution in [0.1, 0.15) is 5.69 Å². The van der Waals surface area contributed by atoms with Gasteiger partial charge in [0.2, 0.25) is 5.89 Å². The number of hydrogen-bond donors (Lipinski definition) is 0. The number of carbonyl (C=O) groups is 1. The Bertz CT molecular complexity index is 883. The van der Waals surface area contributed by atoms with Crippen LogP contribution in [-0.2, 0) is 4.79 Å². The Kier molecular flexibility index (Phi) is 4.27. The van der Waals surface area contributed by atoms with Gasteiger partial charge in [0.1, 0.15) is 11.5 Å². The topological polar surface area (TPSA) is 66.2 Å². The van der Waals surface area contributed by atoms with Crippen LogP contribution >= 0.6 is 22.9 Å². The van der Waals surface area contributed by atoms with Crippen molar-refractivity contribution >= 4 is 35.0 Å². The third-order valence-corrected chi connectivity index (χ3v) is 4.15. The van der Waals surface area contributed by atoms with Crippen molar-refractivity contribution in [3.05, 3.63) is 58.3 Å². The van der Waals surface area contributed by atoms with E-state index in [1.807, 2.05) is 0 Å². The summed E-state index contributed by atoms with van der Waals surface area (Å²) in [6, 6.07) is 9.08. The molecule has 7 heteroatoms. The summed E-state index contributed by atoms with van der Waals surface area (Å²) in [6.45, 7) is 0. The Morgan fingerprint density at radius 3 is 2.61 bits per heavy atom. The molecule has 0 radical (unpaired) electrons. The molecule has 3 aromatic rings. The number of oxazole rings is 1. The third-order valence-electron chi connectivity index (χ3n) is 2.92. The normalized spacial score (nSPS) is 11.2. The van der Waals surface area contributed by atoms with E-state index in [-0.39, 0.29) is 11.7 Å². The van der Waals surface area contributed by atoms with Gasteiger partial charge >= 0.3 is 0 Å². The molecule has 23 heavy (non-hydrogen) atoms. The number of rotatable bonds is 4. The van der Waals surface area contributed by atoms with E-state index < -0.39 is 5.97 Å². The van der Waals surface area contributed by atoms with Gasteiger partial charge in [-0.05, 0) is 48.6 Å². The summed E-state index contributed by atoms with van der Waals surface area (Å²) < 4.78 is 19.3. The lowest BCUT2D eigenvalue weighted by Gasteiger charge is -1.94. The molecule has 0 unspecified atom stereocenters. The van der Waals surface area contributed by atoms with Crippen molar-refractivity contribution in [1.82, 2.24) is 4.98 Å². The smallest absolute Gasteiger partial charge is 0.227 e. The number of hydrogen-bond acceptors (Lipinski definition) is 5. The number of thiophene rings is 1. The molecule has 0 amide bonds. The summed E-state index contributed by atoms with van der Waals surface area (Å²) >= 11 is 7.20. The van der Waals surface area contributed by atoms with Crippen molar-refractivity contribution in [2.45, 2.75) is 0 Å². The van der Waals surface area contributed by atoms with Gasteiger partial charge in [-0.1, -0.05) is 11.6 Å². The number of nitrogens with zero attached hydrogens (tertiary/aromatic N) is 1. The maximum atomic E-state index is 13.0. The quantitative estimate of drug-likeness (QED) is 0.675. The third kappa shape index (κ3) is 3.49. The fourth-order valence-electron chi connectivity index (χ4n) is 1.92. The van der Waals surface area contributed by atoms with Gasteiger partial charge in [-0.15, -0.1) is 11.3 Å². The summed E-state index contributed by atoms with van der Waals surface area (Å²) in [4.78, 5) is 15.6. The lowest BCUT2D eigenvalue weighted by atomic mass is 10.2. The van der Waals surface area contributed by atoms with Crippen molar-refractivity contribution in [3.8, 4) is 22.1 Å². The Balaban J connectivity index is 2.09. The Labute approximate surface area is 139 Å². The molecule has 0 fully saturated rings. The molecule has 0 saturated heterocycles. The number of carboxylic acid groups (broad SMARTS) is 1. The van der Waals surface area contributed by atoms with Gasteiger partial charge in [-0.3, -0.25) is 0 Å². The predicted molar refractivity (Wildman–Crippen MR) is 84.3 cm³/mol. The summed E-state index contributed by atoms with van der Waals surface area (Å²) in [5.74, 6) is -1.07. The van der Waals surface area contributed by atoms with Crippen LogP contribution in [0, 0.1) is 5.82 Å². The standard InChI is InChI=1S/C16H9ClFNO3S/c17-13-7-6-12(23-13)15-11(5-8-14(20)21)19-16(22-15)9-1-3-10(18)4-2-9/h1-8H,(H,20,21)/p-1/b8-5+. The average Bonchev–Trinajstić information content (AvgIpc) is 3.12. The summed E-state index contributed by atoms with van der Waals surface area (Å²) in [6.07, 6.45) is 2.15. The van der Waals surface area contributed by atoms with E-state index >= 15 is 0 Å². The average molecular weight is 349 g/mol. The first-order valence-corrected chi connectivity index (χ1v) is 7.64. The number of benzene rings is 1. The molecule has 116 valence electrons. The Hall–Kier alpha value is -2.44. The predicted octanol–water partition coefficient (Wildman–Crippen LogP) is 3.63. The van der Waals surface area contributed by atoms with E-state index in [0.29, 0.717) is 26.2 Å². The minimum Gasteiger partial charge on any atom is -0.545 e. The first-order chi connectivity index (χ1) is 11.0. The second-order valence-corrected chi connectivity index (χ2v) is 6.21. The van der Waals surface area contributed by atoms with Crippen LogP contribution in [0.15, 0.2) is 46.9 Å². The minimum atomic E-state index is -1.34. The highest BCUT2D eigenvalue weighted by Gasteiger charge is 2.16. The number of aromatic nitrogens is 1. The van der Waals surface area contributed by atoms with Crippen LogP contribution in [0.2, 0.25) is 4.34 Å². The fourth-order valence-corrected chi connectivity index (χ4v) is 2.95. The highest BCUT2D eigenvalue weighted by Crippen LogP contribution is 2.36. The van der Waals surface area contributed by atoms with Gasteiger partial charge in [-0.2, -0.15) is 0 Å². The van der Waals surface area contributed by atoms with Gasteiger partial charge in [0.15, 0.2) is 5.76 Å². The van der Waals surface area contributed by atoms with Crippen molar-refractivity contribution in [2.75, 3.05) is 0 Å². The molecule has 0 aliphatic heterocycles. The van der Waals surface area contributed by atoms with E-state index in [9.17, 15) is 14.3 Å². The van der Waals surface area contributed by atoms with Crippen molar-refractivity contribution in [3.63, 3.8) is 0 Å². The van der Waals surface area contributed by atoms with Gasteiger partial charge in [0.05, 0.1) is 15.2 Å². The minimum absolute atomic E-state index is 0.252. The molecule has 0 N–H and O–H groups in total. The number of carboxylic acids is 1. The zero-order valence-corrected chi connectivity index (χ0v) is 13.0. The summed E-state index contributed by atoms with van der Waals surface area (Å²) in [5.41, 5.74) is 0.899. The monoisotopic (exact) mass is 348 g/mol. The number of aliphatic carboxylic acids is 1. The van der Waals surface area contributed by atoms with Crippen LogP contribution in [0.25, 0.3) is 28.2 Å². The van der Waals surface area contributed by atoms with Crippen LogP contribution < -0.4 is 5.11 Å². The number of halogens is 2. The first kappa shape index (κ1) is 15.5. The second-order valence-electron chi connectivity index (χ2n) is 4.50. The molecule has 0 aliphatic carbocycles. The van der Waals surface area contributed by atoms with Gasteiger partial charge < -0.3 is 14.3 Å². The molecular formula is C16H8ClFNO3S-. The molecule has 0 atom stereocenters. The van der Waals surface area contributed by atoms with E-state index in [1.54, 1.807) is 12.1 Å². The van der Waals surface area contributed by atoms with E-state index in [2.05, 4.69) is 4.98 Å². The van der Waals surface area contributed by atoms with Crippen molar-refractivity contribution < 1.29 is 18.7 Å². The lowest BCUT2D eigenvalue weighted by Crippen LogP contribution is -2.18. The van der Waals surface area contributed by atoms with E-state index in [0.717, 1.165) is 6.08 Å². The first-order valence-electron chi connectivity index (χ1n) is 6.44. The molecule has 2 aromatic heterocycles. The van der Waals surface area contributed by atoms with E-state index in [1.165, 1.54) is 41.7 Å². The van der Waals surface area contributed by atoms with E-state index in [4.69, 9.17) is 16.0 Å². The molecular weight excluding hydrogens is 341 g/mol. The molecule has 0 saturated carbocycles. The molecule has 0 aliphatic rings. The lowest BCUT2D eigenvalue weighted by molar-refractivity contribution is -0.297.